The first kappa shape index (κ1) is 19.8. The Morgan fingerprint density at radius 1 is 1.13 bits per heavy atom. The van der Waals surface area contributed by atoms with Gasteiger partial charge in [-0.15, -0.1) is 0 Å². The van der Waals surface area contributed by atoms with Crippen molar-refractivity contribution in [3.8, 4) is 17.2 Å². The van der Waals surface area contributed by atoms with E-state index in [1.165, 1.54) is 13.8 Å². The molecule has 3 heterocycles. The first-order valence-electron chi connectivity index (χ1n) is 9.85. The summed E-state index contributed by atoms with van der Waals surface area (Å²) in [6.07, 6.45) is -0.202. The topological polar surface area (TPSA) is 119 Å². The number of ether oxygens (including phenoxy) is 6. The summed E-state index contributed by atoms with van der Waals surface area (Å²) < 4.78 is 33.8. The Labute approximate surface area is 177 Å². The van der Waals surface area contributed by atoms with Crippen LogP contribution in [0.25, 0.3) is 5.57 Å². The standard InChI is InChI=1S/C21H21NO9/c1-8(23)28-13-6-11-10-5-12-16(27-7-26-12)18(29-9(2)24)14(10)20(25)22-15(11)19-17(13)30-21(3,4)31-19/h5-6,13,15,17,19H,7H2,1-4H3,(H,22,25)/t13-,15+,17+,19-/m0/s1. The summed E-state index contributed by atoms with van der Waals surface area (Å²) in [7, 11) is 0. The van der Waals surface area contributed by atoms with Crippen LogP contribution in [0.2, 0.25) is 0 Å². The van der Waals surface area contributed by atoms with Crippen molar-refractivity contribution in [2.75, 3.05) is 6.79 Å². The molecule has 0 bridgehead atoms. The van der Waals surface area contributed by atoms with Crippen LogP contribution < -0.4 is 19.5 Å². The highest BCUT2D eigenvalue weighted by molar-refractivity contribution is 6.08. The molecule has 0 saturated carbocycles. The molecular weight excluding hydrogens is 410 g/mol. The zero-order valence-corrected chi connectivity index (χ0v) is 17.3. The molecule has 31 heavy (non-hydrogen) atoms. The molecule has 0 aromatic heterocycles. The maximum atomic E-state index is 13.1. The number of nitrogens with one attached hydrogen (secondary N) is 1. The van der Waals surface area contributed by atoms with Crippen LogP contribution >= 0.6 is 0 Å². The normalized spacial score (nSPS) is 29.2. The molecule has 0 spiro atoms. The molecule has 1 fully saturated rings. The minimum Gasteiger partial charge on any atom is -0.455 e. The first-order chi connectivity index (χ1) is 14.6. The number of amides is 1. The molecule has 1 aromatic rings. The van der Waals surface area contributed by atoms with Gasteiger partial charge in [0, 0.05) is 19.4 Å². The predicted molar refractivity (Wildman–Crippen MR) is 102 cm³/mol. The number of carbonyl (C=O) groups is 3. The van der Waals surface area contributed by atoms with Crippen molar-refractivity contribution in [2.24, 2.45) is 0 Å². The van der Waals surface area contributed by atoms with Gasteiger partial charge in [-0.3, -0.25) is 14.4 Å². The van der Waals surface area contributed by atoms with Gasteiger partial charge in [-0.05, 0) is 31.6 Å². The van der Waals surface area contributed by atoms with E-state index in [0.717, 1.165) is 0 Å². The number of carbonyl (C=O) groups excluding carboxylic acids is 3. The largest absolute Gasteiger partial charge is 0.455 e. The Kier molecular flexibility index (Phi) is 4.28. The lowest BCUT2D eigenvalue weighted by Gasteiger charge is -2.39. The summed E-state index contributed by atoms with van der Waals surface area (Å²) in [4.78, 5) is 36.6. The quantitative estimate of drug-likeness (QED) is 0.546. The molecule has 3 aliphatic heterocycles. The van der Waals surface area contributed by atoms with Crippen LogP contribution in [0.4, 0.5) is 0 Å². The second-order valence-corrected chi connectivity index (χ2v) is 8.17. The number of hydrogen-bond acceptors (Lipinski definition) is 9. The molecule has 0 radical (unpaired) electrons. The van der Waals surface area contributed by atoms with Crippen LogP contribution in [0.5, 0.6) is 17.2 Å². The lowest BCUT2D eigenvalue weighted by atomic mass is 9.79. The van der Waals surface area contributed by atoms with Crippen molar-refractivity contribution < 1.29 is 42.8 Å². The van der Waals surface area contributed by atoms with Crippen LogP contribution in [0.3, 0.4) is 0 Å². The molecule has 4 atom stereocenters. The lowest BCUT2D eigenvalue weighted by molar-refractivity contribution is -0.164. The van der Waals surface area contributed by atoms with Crippen LogP contribution in [0.15, 0.2) is 12.1 Å². The van der Waals surface area contributed by atoms with Gasteiger partial charge < -0.3 is 33.7 Å². The van der Waals surface area contributed by atoms with Crippen LogP contribution in [-0.2, 0) is 23.8 Å². The fraction of sp³-hybridized carbons (Fsp3) is 0.476. The van der Waals surface area contributed by atoms with Gasteiger partial charge in [0.15, 0.2) is 17.3 Å². The molecule has 10 nitrogen and oxygen atoms in total. The third-order valence-corrected chi connectivity index (χ3v) is 5.49. The molecule has 10 heteroatoms. The van der Waals surface area contributed by atoms with E-state index in [9.17, 15) is 14.4 Å². The first-order valence-corrected chi connectivity index (χ1v) is 9.85. The third-order valence-electron chi connectivity index (χ3n) is 5.49. The molecule has 0 unspecified atom stereocenters. The summed E-state index contributed by atoms with van der Waals surface area (Å²) in [6.45, 7) is 5.99. The Morgan fingerprint density at radius 3 is 2.58 bits per heavy atom. The molecule has 5 rings (SSSR count). The van der Waals surface area contributed by atoms with Gasteiger partial charge in [0.25, 0.3) is 5.91 Å². The highest BCUT2D eigenvalue weighted by Gasteiger charge is 2.55. The van der Waals surface area contributed by atoms with Crippen LogP contribution in [0, 0.1) is 0 Å². The smallest absolute Gasteiger partial charge is 0.308 e. The van der Waals surface area contributed by atoms with Crippen molar-refractivity contribution in [1.29, 1.82) is 0 Å². The minimum atomic E-state index is -0.931. The summed E-state index contributed by atoms with van der Waals surface area (Å²) in [5.41, 5.74) is 1.27. The fourth-order valence-corrected chi connectivity index (χ4v) is 4.51. The SMILES string of the molecule is CC(=O)Oc1c2c(cc3c1C(=O)N[C@@H]1C3=C[C@H](OC(C)=O)[C@H]3OC(C)(C)O[C@H]31)OCO2. The second kappa shape index (κ2) is 6.69. The highest BCUT2D eigenvalue weighted by Crippen LogP contribution is 2.51. The lowest BCUT2D eigenvalue weighted by Crippen LogP contribution is -2.56. The number of rotatable bonds is 2. The minimum absolute atomic E-state index is 0.00979. The van der Waals surface area contributed by atoms with E-state index in [2.05, 4.69) is 5.32 Å². The Balaban J connectivity index is 1.69. The molecule has 1 amide bonds. The third kappa shape index (κ3) is 3.14. The average molecular weight is 431 g/mol. The average Bonchev–Trinajstić information content (AvgIpc) is 3.25. The van der Waals surface area contributed by atoms with E-state index in [1.54, 1.807) is 26.0 Å². The Hall–Kier alpha value is -3.11. The van der Waals surface area contributed by atoms with Gasteiger partial charge in [-0.2, -0.15) is 0 Å². The zero-order chi connectivity index (χ0) is 22.1. The van der Waals surface area contributed by atoms with Gasteiger partial charge in [0.1, 0.15) is 18.3 Å². The van der Waals surface area contributed by atoms with E-state index < -0.39 is 48.0 Å². The van der Waals surface area contributed by atoms with Crippen molar-refractivity contribution in [1.82, 2.24) is 5.32 Å². The maximum Gasteiger partial charge on any atom is 0.308 e. The second-order valence-electron chi connectivity index (χ2n) is 8.17. The van der Waals surface area contributed by atoms with Crippen molar-refractivity contribution in [3.05, 3.63) is 23.3 Å². The predicted octanol–water partition coefficient (Wildman–Crippen LogP) is 1.30. The number of fused-ring (bicyclic) bond motifs is 6. The Bertz CT molecular complexity index is 1040. The van der Waals surface area contributed by atoms with Crippen molar-refractivity contribution >= 4 is 23.4 Å². The molecule has 4 aliphatic rings. The van der Waals surface area contributed by atoms with Gasteiger partial charge in [0.05, 0.1) is 11.6 Å². The highest BCUT2D eigenvalue weighted by atomic mass is 16.8. The van der Waals surface area contributed by atoms with E-state index in [-0.39, 0.29) is 23.9 Å². The molecule has 164 valence electrons. The molecular formula is C21H21NO9. The van der Waals surface area contributed by atoms with E-state index in [1.807, 2.05) is 0 Å². The van der Waals surface area contributed by atoms with E-state index in [0.29, 0.717) is 16.9 Å². The summed E-state index contributed by atoms with van der Waals surface area (Å²) >= 11 is 0. The summed E-state index contributed by atoms with van der Waals surface area (Å²) in [6, 6.07) is 1.10. The fourth-order valence-electron chi connectivity index (χ4n) is 4.51. The maximum absolute atomic E-state index is 13.1. The number of hydrogen-bond donors (Lipinski definition) is 1. The molecule has 1 aliphatic carbocycles. The van der Waals surface area contributed by atoms with Crippen molar-refractivity contribution in [2.45, 2.75) is 57.8 Å². The molecule has 1 N–H and O–H groups in total. The summed E-state index contributed by atoms with van der Waals surface area (Å²) in [5.74, 6) is -1.94. The van der Waals surface area contributed by atoms with E-state index in [4.69, 9.17) is 28.4 Å². The van der Waals surface area contributed by atoms with Gasteiger partial charge in [0.2, 0.25) is 12.5 Å². The van der Waals surface area contributed by atoms with Crippen molar-refractivity contribution in [3.63, 3.8) is 0 Å². The van der Waals surface area contributed by atoms with Crippen LogP contribution in [-0.4, -0.2) is 54.8 Å². The summed E-state index contributed by atoms with van der Waals surface area (Å²) in [5, 5.41) is 2.92. The molecule has 1 aromatic carbocycles. The van der Waals surface area contributed by atoms with Gasteiger partial charge >= 0.3 is 11.9 Å². The van der Waals surface area contributed by atoms with Crippen LogP contribution in [0.1, 0.15) is 43.6 Å². The monoisotopic (exact) mass is 431 g/mol. The Morgan fingerprint density at radius 2 is 1.87 bits per heavy atom. The van der Waals surface area contributed by atoms with Gasteiger partial charge in [-0.25, -0.2) is 0 Å². The van der Waals surface area contributed by atoms with Gasteiger partial charge in [-0.1, -0.05) is 0 Å². The number of benzene rings is 1. The zero-order valence-electron chi connectivity index (χ0n) is 17.3. The number of esters is 2. The van der Waals surface area contributed by atoms with E-state index >= 15 is 0 Å². The molecule has 1 saturated heterocycles.